The second kappa shape index (κ2) is 4.90. The van der Waals surface area contributed by atoms with Gasteiger partial charge in [0, 0.05) is 23.8 Å². The molecule has 2 heterocycles. The number of aromatic nitrogens is 2. The van der Waals surface area contributed by atoms with Crippen molar-refractivity contribution in [3.05, 3.63) is 39.0 Å². The van der Waals surface area contributed by atoms with Gasteiger partial charge in [0.2, 0.25) is 5.78 Å². The monoisotopic (exact) mass is 299 g/mol. The number of hydrogen-bond acceptors (Lipinski definition) is 4. The fourth-order valence-corrected chi connectivity index (χ4v) is 2.82. The van der Waals surface area contributed by atoms with Crippen molar-refractivity contribution < 1.29 is 4.79 Å². The first-order valence-electron chi connectivity index (χ1n) is 4.72. The summed E-state index contributed by atoms with van der Waals surface area (Å²) in [4.78, 5) is 16.8. The van der Waals surface area contributed by atoms with Crippen molar-refractivity contribution >= 4 is 33.0 Å². The molecule has 0 aromatic carbocycles. The molecular weight excluding hydrogens is 290 g/mol. The molecule has 0 unspecified atom stereocenters. The second-order valence-electron chi connectivity index (χ2n) is 3.21. The molecule has 2 N–H and O–H groups in total. The zero-order valence-corrected chi connectivity index (χ0v) is 10.8. The van der Waals surface area contributed by atoms with Crippen molar-refractivity contribution in [2.24, 2.45) is 5.73 Å². The van der Waals surface area contributed by atoms with E-state index in [1.165, 1.54) is 11.3 Å². The lowest BCUT2D eigenvalue weighted by atomic mass is 10.2. The Bertz CT molecular complexity index is 506. The van der Waals surface area contributed by atoms with E-state index in [9.17, 15) is 4.79 Å². The highest BCUT2D eigenvalue weighted by atomic mass is 79.9. The Morgan fingerprint density at radius 3 is 3.06 bits per heavy atom. The number of carbonyl (C=O) groups excluding carboxylic acids is 1. The van der Waals surface area contributed by atoms with Crippen molar-refractivity contribution in [1.29, 1.82) is 0 Å². The molecule has 0 spiro atoms. The van der Waals surface area contributed by atoms with Crippen LogP contribution in [0.15, 0.2) is 28.4 Å². The number of nitrogens with zero attached hydrogens (tertiary/aromatic N) is 2. The minimum absolute atomic E-state index is 0.0577. The molecule has 0 radical (unpaired) electrons. The molecule has 0 fully saturated rings. The fraction of sp³-hybridized carbons (Fsp3) is 0.200. The van der Waals surface area contributed by atoms with Crippen molar-refractivity contribution in [3.63, 3.8) is 0 Å². The maximum absolute atomic E-state index is 12.0. The molecule has 0 aliphatic rings. The van der Waals surface area contributed by atoms with Gasteiger partial charge in [0.25, 0.3) is 0 Å². The summed E-state index contributed by atoms with van der Waals surface area (Å²) in [5.74, 6) is -0.0577. The van der Waals surface area contributed by atoms with E-state index in [-0.39, 0.29) is 5.78 Å². The average Bonchev–Trinajstić information content (AvgIpc) is 2.87. The molecule has 0 bridgehead atoms. The van der Waals surface area contributed by atoms with Crippen molar-refractivity contribution in [3.8, 4) is 0 Å². The van der Waals surface area contributed by atoms with E-state index < -0.39 is 0 Å². The highest BCUT2D eigenvalue weighted by Gasteiger charge is 2.16. The van der Waals surface area contributed by atoms with Gasteiger partial charge in [-0.05, 0) is 27.4 Å². The van der Waals surface area contributed by atoms with Gasteiger partial charge in [0.1, 0.15) is 5.69 Å². The number of nitrogens with two attached hydrogens (primary N) is 1. The van der Waals surface area contributed by atoms with Crippen LogP contribution in [0.4, 0.5) is 0 Å². The molecule has 84 valence electrons. The molecule has 2 aromatic heterocycles. The van der Waals surface area contributed by atoms with Crippen LogP contribution in [0.3, 0.4) is 0 Å². The van der Waals surface area contributed by atoms with Crippen molar-refractivity contribution in [1.82, 2.24) is 9.55 Å². The zero-order valence-electron chi connectivity index (χ0n) is 8.39. The number of carbonyl (C=O) groups is 1. The van der Waals surface area contributed by atoms with Gasteiger partial charge >= 0.3 is 0 Å². The first-order valence-corrected chi connectivity index (χ1v) is 6.39. The minimum atomic E-state index is -0.0577. The summed E-state index contributed by atoms with van der Waals surface area (Å²) in [7, 11) is 0. The molecule has 4 nitrogen and oxygen atoms in total. The Labute approximate surface area is 105 Å². The molecule has 0 aliphatic heterocycles. The first kappa shape index (κ1) is 11.5. The summed E-state index contributed by atoms with van der Waals surface area (Å²) in [5.41, 5.74) is 5.88. The van der Waals surface area contributed by atoms with Crippen LogP contribution in [0, 0.1) is 0 Å². The third-order valence-electron chi connectivity index (χ3n) is 2.08. The lowest BCUT2D eigenvalue weighted by Gasteiger charge is -1.96. The van der Waals surface area contributed by atoms with Gasteiger partial charge in [-0.15, -0.1) is 11.3 Å². The molecule has 16 heavy (non-hydrogen) atoms. The van der Waals surface area contributed by atoms with Gasteiger partial charge in [0.15, 0.2) is 0 Å². The van der Waals surface area contributed by atoms with Gasteiger partial charge in [-0.1, -0.05) is 0 Å². The van der Waals surface area contributed by atoms with E-state index in [1.54, 1.807) is 12.5 Å². The van der Waals surface area contributed by atoms with E-state index >= 15 is 0 Å². The number of rotatable bonds is 4. The van der Waals surface area contributed by atoms with E-state index in [0.29, 0.717) is 23.7 Å². The van der Waals surface area contributed by atoms with Gasteiger partial charge in [-0.3, -0.25) is 4.79 Å². The molecule has 0 atom stereocenters. The zero-order chi connectivity index (χ0) is 11.5. The lowest BCUT2D eigenvalue weighted by Crippen LogP contribution is -2.08. The van der Waals surface area contributed by atoms with Crippen LogP contribution in [-0.4, -0.2) is 21.9 Å². The number of thiophene rings is 1. The molecule has 0 saturated carbocycles. The SMILES string of the molecule is NCCn1cnc(C(=O)c2sccc2Br)c1. The van der Waals surface area contributed by atoms with Gasteiger partial charge in [0.05, 0.1) is 11.2 Å². The number of hydrogen-bond donors (Lipinski definition) is 1. The van der Waals surface area contributed by atoms with E-state index in [2.05, 4.69) is 20.9 Å². The Kier molecular flexibility index (Phi) is 3.52. The van der Waals surface area contributed by atoms with Gasteiger partial charge < -0.3 is 10.3 Å². The predicted octanol–water partition coefficient (Wildman–Crippen LogP) is 1.90. The van der Waals surface area contributed by atoms with E-state index in [4.69, 9.17) is 5.73 Å². The summed E-state index contributed by atoms with van der Waals surface area (Å²) >= 11 is 4.74. The van der Waals surface area contributed by atoms with Crippen LogP contribution in [0.25, 0.3) is 0 Å². The molecule has 0 aliphatic carbocycles. The van der Waals surface area contributed by atoms with Crippen LogP contribution in [0.1, 0.15) is 15.4 Å². The van der Waals surface area contributed by atoms with E-state index in [1.807, 2.05) is 16.0 Å². The molecule has 6 heteroatoms. The van der Waals surface area contributed by atoms with Crippen molar-refractivity contribution in [2.75, 3.05) is 6.54 Å². The summed E-state index contributed by atoms with van der Waals surface area (Å²) in [6.07, 6.45) is 3.35. The quantitative estimate of drug-likeness (QED) is 0.877. The van der Waals surface area contributed by atoms with Crippen LogP contribution in [-0.2, 0) is 6.54 Å². The average molecular weight is 300 g/mol. The fourth-order valence-electron chi connectivity index (χ4n) is 1.32. The summed E-state index contributed by atoms with van der Waals surface area (Å²) in [6.45, 7) is 1.21. The highest BCUT2D eigenvalue weighted by Crippen LogP contribution is 2.24. The Hall–Kier alpha value is -0.980. The smallest absolute Gasteiger partial charge is 0.223 e. The lowest BCUT2D eigenvalue weighted by molar-refractivity contribution is 0.103. The molecule has 2 rings (SSSR count). The van der Waals surface area contributed by atoms with Crippen LogP contribution in [0.5, 0.6) is 0 Å². The van der Waals surface area contributed by atoms with Crippen LogP contribution >= 0.6 is 27.3 Å². The standard InChI is InChI=1S/C10H10BrN3OS/c11-7-1-4-16-10(7)9(15)8-5-14(3-2-12)6-13-8/h1,4-6H,2-3,12H2. The largest absolute Gasteiger partial charge is 0.335 e. The van der Waals surface area contributed by atoms with Crippen LogP contribution < -0.4 is 5.73 Å². The van der Waals surface area contributed by atoms with Gasteiger partial charge in [-0.25, -0.2) is 4.98 Å². The highest BCUT2D eigenvalue weighted by molar-refractivity contribution is 9.10. The summed E-state index contributed by atoms with van der Waals surface area (Å²) in [6, 6.07) is 1.86. The number of ketones is 1. The Morgan fingerprint density at radius 1 is 1.62 bits per heavy atom. The molecular formula is C10H10BrN3OS. The van der Waals surface area contributed by atoms with E-state index in [0.717, 1.165) is 4.47 Å². The number of imidazole rings is 1. The first-order chi connectivity index (χ1) is 7.72. The third kappa shape index (κ3) is 2.23. The Balaban J connectivity index is 2.24. The normalized spacial score (nSPS) is 10.6. The topological polar surface area (TPSA) is 60.9 Å². The third-order valence-corrected chi connectivity index (χ3v) is 3.91. The maximum Gasteiger partial charge on any atom is 0.223 e. The molecule has 2 aromatic rings. The van der Waals surface area contributed by atoms with Crippen molar-refractivity contribution in [2.45, 2.75) is 6.54 Å². The number of halogens is 1. The summed E-state index contributed by atoms with van der Waals surface area (Å²) < 4.78 is 2.63. The maximum atomic E-state index is 12.0. The minimum Gasteiger partial charge on any atom is -0.335 e. The van der Waals surface area contributed by atoms with Crippen LogP contribution in [0.2, 0.25) is 0 Å². The van der Waals surface area contributed by atoms with Gasteiger partial charge in [-0.2, -0.15) is 0 Å². The summed E-state index contributed by atoms with van der Waals surface area (Å²) in [5, 5.41) is 1.87. The molecule has 0 amide bonds. The Morgan fingerprint density at radius 2 is 2.44 bits per heavy atom. The second-order valence-corrected chi connectivity index (χ2v) is 4.98. The predicted molar refractivity (Wildman–Crippen MR) is 66.7 cm³/mol. The molecule has 0 saturated heterocycles.